The van der Waals surface area contributed by atoms with Crippen LogP contribution in [0.25, 0.3) is 33.6 Å². The van der Waals surface area contributed by atoms with Gasteiger partial charge in [0.1, 0.15) is 5.75 Å². The Morgan fingerprint density at radius 3 is 1.29 bits per heavy atom. The van der Waals surface area contributed by atoms with Gasteiger partial charge in [-0.2, -0.15) is 31.4 Å². The number of ether oxygens (including phenoxy) is 1. The van der Waals surface area contributed by atoms with Crippen LogP contribution < -0.4 is 25.6 Å². The Kier molecular flexibility index (Phi) is 16.5. The van der Waals surface area contributed by atoms with Crippen molar-refractivity contribution in [2.24, 2.45) is 0 Å². The summed E-state index contributed by atoms with van der Waals surface area (Å²) in [5, 5.41) is 1.28. The van der Waals surface area contributed by atoms with Gasteiger partial charge in [0, 0.05) is 27.3 Å². The van der Waals surface area contributed by atoms with Gasteiger partial charge in [-0.15, -0.1) is 82.9 Å². The van der Waals surface area contributed by atoms with Gasteiger partial charge in [0.05, 0.1) is 12.7 Å². The summed E-state index contributed by atoms with van der Waals surface area (Å²) in [6, 6.07) is 73.9. The Hall–Kier alpha value is -6.73. The molecule has 0 spiro atoms. The zero-order valence-electron chi connectivity index (χ0n) is 41.2. The van der Waals surface area contributed by atoms with Gasteiger partial charge in [-0.3, -0.25) is 0 Å². The molecule has 72 heavy (non-hydrogen) atoms. The number of hydrogen-bond acceptors (Lipinski definition) is 4. The van der Waals surface area contributed by atoms with E-state index in [-0.39, 0.29) is 33.2 Å². The molecule has 1 unspecified atom stereocenters. The second-order valence-corrected chi connectivity index (χ2v) is 22.0. The number of aromatic nitrogens is 1. The van der Waals surface area contributed by atoms with Crippen LogP contribution in [-0.2, 0) is 44.0 Å². The number of benzene rings is 8. The predicted molar refractivity (Wildman–Crippen MR) is 287 cm³/mol. The minimum Gasteiger partial charge on any atom is -0.497 e. The smallest absolute Gasteiger partial charge is 0.497 e. The van der Waals surface area contributed by atoms with Crippen LogP contribution in [0.3, 0.4) is 0 Å². The van der Waals surface area contributed by atoms with Crippen LogP contribution in [0.4, 0.5) is 30.2 Å². The summed E-state index contributed by atoms with van der Waals surface area (Å²) in [5.41, 5.74) is 9.89. The number of para-hydroxylation sites is 2. The van der Waals surface area contributed by atoms with Gasteiger partial charge in [-0.1, -0.05) is 132 Å². The third kappa shape index (κ3) is 12.3. The van der Waals surface area contributed by atoms with Crippen LogP contribution in [-0.4, -0.2) is 12.1 Å². The normalized spacial score (nSPS) is 12.4. The van der Waals surface area contributed by atoms with Gasteiger partial charge in [-0.05, 0) is 94.0 Å². The first-order valence-corrected chi connectivity index (χ1v) is 25.1. The van der Waals surface area contributed by atoms with Crippen molar-refractivity contribution in [2.75, 3.05) is 12.0 Å². The molecule has 0 aliphatic carbocycles. The van der Waals surface area contributed by atoms with Crippen molar-refractivity contribution in [3.63, 3.8) is 0 Å². The number of methoxy groups -OCH3 is 1. The molecule has 0 aliphatic heterocycles. The summed E-state index contributed by atoms with van der Waals surface area (Å²) in [6.07, 6.45) is -4.51. The first-order chi connectivity index (χ1) is 33.9. The van der Waals surface area contributed by atoms with Gasteiger partial charge < -0.3 is 19.2 Å². The first kappa shape index (κ1) is 53.1. The van der Waals surface area contributed by atoms with E-state index in [1.807, 2.05) is 72.8 Å². The Morgan fingerprint density at radius 2 is 0.903 bits per heavy atom. The van der Waals surface area contributed by atoms with Crippen LogP contribution >= 0.6 is 7.14 Å². The number of hydrogen-bond donors (Lipinski definition) is 0. The summed E-state index contributed by atoms with van der Waals surface area (Å²) < 4.78 is 60.9. The molecule has 0 saturated heterocycles. The van der Waals surface area contributed by atoms with E-state index in [4.69, 9.17) is 9.72 Å². The number of anilines is 3. The van der Waals surface area contributed by atoms with E-state index in [0.29, 0.717) is 21.7 Å². The van der Waals surface area contributed by atoms with Crippen LogP contribution in [0.5, 0.6) is 5.75 Å². The zero-order valence-corrected chi connectivity index (χ0v) is 44.3. The van der Waals surface area contributed by atoms with Crippen molar-refractivity contribution in [3.8, 4) is 39.4 Å². The Bertz CT molecular complexity index is 3040. The molecule has 0 amide bonds. The second kappa shape index (κ2) is 22.4. The Morgan fingerprint density at radius 1 is 0.500 bits per heavy atom. The fraction of sp³-hybridized carbons (Fsp3) is 0.159. The molecule has 4 nitrogen and oxygen atoms in total. The molecule has 0 bridgehead atoms. The van der Waals surface area contributed by atoms with E-state index in [9.17, 15) is 13.2 Å². The number of pyridine rings is 1. The summed E-state index contributed by atoms with van der Waals surface area (Å²) >= 11 is 0. The van der Waals surface area contributed by atoms with Crippen molar-refractivity contribution in [3.05, 3.63) is 241 Å². The van der Waals surface area contributed by atoms with E-state index in [1.54, 1.807) is 36.4 Å². The van der Waals surface area contributed by atoms with Gasteiger partial charge in [0.2, 0.25) is 0 Å². The van der Waals surface area contributed by atoms with Gasteiger partial charge in [0.15, 0.2) is 7.14 Å². The van der Waals surface area contributed by atoms with Crippen LogP contribution in [0.2, 0.25) is 0 Å². The molecule has 0 fully saturated rings. The molecule has 9 heteroatoms. The second-order valence-electron chi connectivity index (χ2n) is 19.3. The first-order valence-electron chi connectivity index (χ1n) is 23.4. The topological polar surface area (TPSA) is 42.4 Å². The fourth-order valence-electron chi connectivity index (χ4n) is 8.17. The summed E-state index contributed by atoms with van der Waals surface area (Å²) in [7, 11) is -2.05. The molecule has 0 saturated carbocycles. The predicted octanol–water partition coefficient (Wildman–Crippen LogP) is 15.9. The standard InChI is InChI=1S/C45H41F3NO2P.C18H14N.Au/c1-43(2,3)34-14-8-31(9-15-34)41-28-33(29-42(49-41)32-10-16-35(17-11-32)44(4,5)6)30-12-22-38(23-13-30)52(50,40-26-20-37(51-7)21-27-40)39-24-18-36(19-25-39)45(46,47)48;1-4-10-16(11-5-1)19(17-12-6-2-7-13-17)18-14-8-3-9-15-18;/h8,10,12-29H,1-7H3;1-2,4-15H;/q-2;-1;+3. The minimum atomic E-state index is -4.51. The van der Waals surface area contributed by atoms with Gasteiger partial charge in [-0.25, -0.2) is 0 Å². The van der Waals surface area contributed by atoms with Gasteiger partial charge >= 0.3 is 28.6 Å². The Balaban J connectivity index is 0.000000317. The van der Waals surface area contributed by atoms with E-state index in [2.05, 4.69) is 137 Å². The average Bonchev–Trinajstić information content (AvgIpc) is 3.39. The maximum atomic E-state index is 15.2. The van der Waals surface area contributed by atoms with E-state index in [1.165, 1.54) is 30.4 Å². The fourth-order valence-corrected chi connectivity index (χ4v) is 10.8. The molecule has 0 N–H and O–H groups in total. The summed E-state index contributed by atoms with van der Waals surface area (Å²) in [6.45, 7) is 13.0. The number of halogens is 3. The van der Waals surface area contributed by atoms with Crippen molar-refractivity contribution in [1.29, 1.82) is 0 Å². The largest absolute Gasteiger partial charge is 3.00 e. The monoisotopic (exact) mass is 1160 g/mol. The van der Waals surface area contributed by atoms with E-state index >= 15 is 4.57 Å². The van der Waals surface area contributed by atoms with Crippen molar-refractivity contribution in [2.45, 2.75) is 58.5 Å². The minimum absolute atomic E-state index is 0. The molecule has 366 valence electrons. The molecule has 1 atom stereocenters. The molecular weight excluding hydrogens is 1100 g/mol. The quantitative estimate of drug-likeness (QED) is 0.0777. The van der Waals surface area contributed by atoms with Gasteiger partial charge in [0.25, 0.3) is 0 Å². The molecule has 9 rings (SSSR count). The molecule has 1 heterocycles. The van der Waals surface area contributed by atoms with E-state index in [0.717, 1.165) is 62.8 Å². The third-order valence-electron chi connectivity index (χ3n) is 12.3. The number of nitrogens with zero attached hydrogens (tertiary/aromatic N) is 2. The average molecular weight is 1160 g/mol. The van der Waals surface area contributed by atoms with Crippen LogP contribution in [0.15, 0.2) is 206 Å². The maximum Gasteiger partial charge on any atom is 3.00 e. The van der Waals surface area contributed by atoms with Crippen LogP contribution in [0, 0.1) is 18.2 Å². The Labute approximate surface area is 438 Å². The van der Waals surface area contributed by atoms with Crippen molar-refractivity contribution in [1.82, 2.24) is 4.98 Å². The molecule has 0 radical (unpaired) electrons. The molecule has 1 aromatic heterocycles. The SMILES string of the molecule is COc1ccc(P(=O)(c2ccc(-c3cc(-c4[c-]cc(C(C)(C)C)cc4)nc(-c4[c-]cc(C(C)(C)C)cc4)c3)cc2)c2ccc(C(F)(F)F)cc2)cc1.[Au+3].[c-]1ccc(N(c2ccccc2)c2ccccc2)cc1. The van der Waals surface area contributed by atoms with Crippen molar-refractivity contribution < 1.29 is 44.9 Å². The molecular formula is C63H55AuF3N2O2P. The molecule has 8 aromatic carbocycles. The molecule has 0 aliphatic rings. The zero-order chi connectivity index (χ0) is 50.4. The number of rotatable bonds is 10. The van der Waals surface area contributed by atoms with E-state index < -0.39 is 18.9 Å². The van der Waals surface area contributed by atoms with Crippen LogP contribution in [0.1, 0.15) is 58.2 Å². The summed E-state index contributed by atoms with van der Waals surface area (Å²) in [5.74, 6) is 0.581. The third-order valence-corrected chi connectivity index (χ3v) is 15.4. The maximum absolute atomic E-state index is 15.2. The summed E-state index contributed by atoms with van der Waals surface area (Å²) in [4.78, 5) is 7.29. The number of alkyl halides is 3. The molecule has 9 aromatic rings. The van der Waals surface area contributed by atoms with Crippen molar-refractivity contribution >= 4 is 40.1 Å².